The molecule has 0 aromatic carbocycles. The molecule has 6 heteroatoms. The van der Waals surface area contributed by atoms with Crippen molar-refractivity contribution in [3.8, 4) is 0 Å². The lowest BCUT2D eigenvalue weighted by Gasteiger charge is -2.15. The molecule has 1 radical (unpaired) electrons. The molecule has 0 nitrogen and oxygen atoms in total. The number of hydrogen-bond donors (Lipinski definition) is 0. The summed E-state index contributed by atoms with van der Waals surface area (Å²) < 4.78 is 69.1. The van der Waals surface area contributed by atoms with Gasteiger partial charge in [0.15, 0.2) is 12.8 Å². The van der Waals surface area contributed by atoms with Gasteiger partial charge in [-0.3, -0.25) is 0 Å². The average molecular weight is 179 g/mol. The number of hydrogen-bond acceptors (Lipinski definition) is 0. The zero-order valence-electron chi connectivity index (χ0n) is 5.26. The first-order valence-corrected chi connectivity index (χ1v) is 2.65. The predicted octanol–water partition coefficient (Wildman–Crippen LogP) is 2.75. The van der Waals surface area contributed by atoms with Crippen LogP contribution in [0.25, 0.3) is 0 Å². The third-order valence-corrected chi connectivity index (χ3v) is 0.970. The summed E-state index contributed by atoms with van der Waals surface area (Å²) in [6.45, 7) is -2.26. The molecular formula is C5H5F6. The van der Waals surface area contributed by atoms with Crippen LogP contribution in [0.15, 0.2) is 0 Å². The van der Waals surface area contributed by atoms with Crippen molar-refractivity contribution >= 4 is 0 Å². The molecule has 0 aliphatic carbocycles. The van der Waals surface area contributed by atoms with E-state index >= 15 is 0 Å². The van der Waals surface area contributed by atoms with E-state index < -0.39 is 31.6 Å². The first kappa shape index (κ1) is 10.6. The van der Waals surface area contributed by atoms with Crippen molar-refractivity contribution in [2.45, 2.75) is 18.5 Å². The summed E-state index contributed by atoms with van der Waals surface area (Å²) in [5, 5.41) is 0. The van der Waals surface area contributed by atoms with Gasteiger partial charge in [-0.15, -0.1) is 0 Å². The van der Waals surface area contributed by atoms with Gasteiger partial charge in [-0.25, -0.2) is 17.6 Å². The molecule has 0 amide bonds. The van der Waals surface area contributed by atoms with E-state index in [1.165, 1.54) is 0 Å². The Morgan fingerprint density at radius 1 is 1.27 bits per heavy atom. The van der Waals surface area contributed by atoms with Crippen LogP contribution in [0.5, 0.6) is 0 Å². The van der Waals surface area contributed by atoms with E-state index in [4.69, 9.17) is 0 Å². The topological polar surface area (TPSA) is 0 Å². The van der Waals surface area contributed by atoms with Gasteiger partial charge in [-0.05, 0) is 0 Å². The lowest BCUT2D eigenvalue weighted by atomic mass is 10.2. The van der Waals surface area contributed by atoms with E-state index in [1.54, 1.807) is 0 Å². The molecule has 11 heavy (non-hydrogen) atoms. The van der Waals surface area contributed by atoms with Crippen molar-refractivity contribution in [1.29, 1.82) is 0 Å². The molecule has 0 aromatic rings. The van der Waals surface area contributed by atoms with Gasteiger partial charge in [0.05, 0.1) is 6.42 Å². The monoisotopic (exact) mass is 179 g/mol. The van der Waals surface area contributed by atoms with Crippen LogP contribution >= 0.6 is 0 Å². The zero-order valence-corrected chi connectivity index (χ0v) is 5.26. The Balaban J connectivity index is 3.90. The van der Waals surface area contributed by atoms with Gasteiger partial charge in [0, 0.05) is 0 Å². The SMILES string of the molecule is FCC(F)(F)C(F)C[C](F)F. The molecule has 0 rings (SSSR count). The molecule has 67 valence electrons. The summed E-state index contributed by atoms with van der Waals surface area (Å²) in [5.41, 5.74) is 0. The summed E-state index contributed by atoms with van der Waals surface area (Å²) in [6, 6.07) is 0. The van der Waals surface area contributed by atoms with E-state index in [0.717, 1.165) is 0 Å². The van der Waals surface area contributed by atoms with Crippen LogP contribution < -0.4 is 0 Å². The molecule has 0 fully saturated rings. The number of halogens is 6. The molecule has 0 bridgehead atoms. The summed E-state index contributed by atoms with van der Waals surface area (Å²) in [6.07, 6.45) is -7.32. The van der Waals surface area contributed by atoms with Crippen LogP contribution in [-0.4, -0.2) is 18.8 Å². The fourth-order valence-electron chi connectivity index (χ4n) is 0.369. The van der Waals surface area contributed by atoms with Gasteiger partial charge in [-0.1, -0.05) is 0 Å². The lowest BCUT2D eigenvalue weighted by molar-refractivity contribution is -0.0943. The van der Waals surface area contributed by atoms with Gasteiger partial charge in [0.1, 0.15) is 0 Å². The van der Waals surface area contributed by atoms with E-state index in [1.807, 2.05) is 0 Å². The highest BCUT2D eigenvalue weighted by atomic mass is 19.3. The van der Waals surface area contributed by atoms with Crippen molar-refractivity contribution in [3.63, 3.8) is 0 Å². The molecule has 1 atom stereocenters. The van der Waals surface area contributed by atoms with Crippen molar-refractivity contribution in [2.75, 3.05) is 6.67 Å². The standard InChI is InChI=1S/C5H5F6/c6-2-5(10,11)3(7)1-4(8)9/h3H,1-2H2. The maximum absolute atomic E-state index is 11.9. The molecule has 0 aliphatic heterocycles. The average Bonchev–Trinajstić information content (AvgIpc) is 1.86. The second-order valence-electron chi connectivity index (χ2n) is 1.91. The molecule has 0 aliphatic rings. The minimum absolute atomic E-state index is 1.71. The summed E-state index contributed by atoms with van der Waals surface area (Å²) >= 11 is 0. The quantitative estimate of drug-likeness (QED) is 0.582. The third-order valence-electron chi connectivity index (χ3n) is 0.970. The van der Waals surface area contributed by atoms with Crippen molar-refractivity contribution in [3.05, 3.63) is 6.43 Å². The zero-order chi connectivity index (χ0) is 9.07. The molecule has 0 N–H and O–H groups in total. The Hall–Kier alpha value is -0.420. The Morgan fingerprint density at radius 3 is 2.00 bits per heavy atom. The van der Waals surface area contributed by atoms with E-state index in [0.29, 0.717) is 0 Å². The fourth-order valence-corrected chi connectivity index (χ4v) is 0.369. The van der Waals surface area contributed by atoms with Crippen LogP contribution in [0, 0.1) is 6.43 Å². The first-order valence-electron chi connectivity index (χ1n) is 2.65. The van der Waals surface area contributed by atoms with E-state index in [2.05, 4.69) is 0 Å². The first-order chi connectivity index (χ1) is 4.90. The van der Waals surface area contributed by atoms with Crippen LogP contribution in [-0.2, 0) is 0 Å². The Kier molecular flexibility index (Phi) is 3.68. The van der Waals surface area contributed by atoms with Gasteiger partial charge >= 0.3 is 12.3 Å². The maximum atomic E-state index is 11.9. The molecule has 0 saturated carbocycles. The second kappa shape index (κ2) is 3.82. The smallest absolute Gasteiger partial charge is 0.244 e. The van der Waals surface area contributed by atoms with Crippen LogP contribution in [0.3, 0.4) is 0 Å². The Labute approximate surface area is 59.2 Å². The number of rotatable bonds is 4. The van der Waals surface area contributed by atoms with Gasteiger partial charge in [-0.2, -0.15) is 8.78 Å². The number of alkyl halides is 4. The minimum atomic E-state index is -4.30. The highest BCUT2D eigenvalue weighted by Gasteiger charge is 2.42. The molecular weight excluding hydrogens is 174 g/mol. The summed E-state index contributed by atoms with van der Waals surface area (Å²) in [5.74, 6) is -4.30. The van der Waals surface area contributed by atoms with Gasteiger partial charge in [0.2, 0.25) is 0 Å². The molecule has 0 aromatic heterocycles. The second-order valence-corrected chi connectivity index (χ2v) is 1.91. The minimum Gasteiger partial charge on any atom is -0.244 e. The Morgan fingerprint density at radius 2 is 1.73 bits per heavy atom. The van der Waals surface area contributed by atoms with Crippen molar-refractivity contribution in [2.24, 2.45) is 0 Å². The molecule has 1 unspecified atom stereocenters. The molecule has 0 spiro atoms. The van der Waals surface area contributed by atoms with Crippen LogP contribution in [0.2, 0.25) is 0 Å². The van der Waals surface area contributed by atoms with Crippen molar-refractivity contribution in [1.82, 2.24) is 0 Å². The van der Waals surface area contributed by atoms with Gasteiger partial charge in [0.25, 0.3) is 0 Å². The predicted molar refractivity (Wildman–Crippen MR) is 25.9 cm³/mol. The van der Waals surface area contributed by atoms with Gasteiger partial charge < -0.3 is 0 Å². The highest BCUT2D eigenvalue weighted by Crippen LogP contribution is 2.28. The maximum Gasteiger partial charge on any atom is 0.313 e. The normalized spacial score (nSPS) is 15.5. The van der Waals surface area contributed by atoms with E-state index in [-0.39, 0.29) is 0 Å². The Bertz CT molecular complexity index is 112. The highest BCUT2D eigenvalue weighted by molar-refractivity contribution is 4.80. The lowest BCUT2D eigenvalue weighted by Crippen LogP contribution is -2.32. The molecule has 0 saturated heterocycles. The molecule has 0 heterocycles. The summed E-state index contributed by atoms with van der Waals surface area (Å²) in [7, 11) is 0. The van der Waals surface area contributed by atoms with Crippen molar-refractivity contribution < 1.29 is 26.3 Å². The van der Waals surface area contributed by atoms with E-state index in [9.17, 15) is 26.3 Å². The third kappa shape index (κ3) is 3.48. The largest absolute Gasteiger partial charge is 0.313 e. The van der Waals surface area contributed by atoms with Crippen LogP contribution in [0.1, 0.15) is 6.42 Å². The summed E-state index contributed by atoms with van der Waals surface area (Å²) in [4.78, 5) is 0. The fraction of sp³-hybridized carbons (Fsp3) is 0.800. The van der Waals surface area contributed by atoms with Crippen LogP contribution in [0.4, 0.5) is 26.3 Å².